The number of benzene rings is 3. The fourth-order valence-corrected chi connectivity index (χ4v) is 7.16. The van der Waals surface area contributed by atoms with Crippen molar-refractivity contribution in [1.29, 1.82) is 0 Å². The van der Waals surface area contributed by atoms with Gasteiger partial charge >= 0.3 is 13.1 Å². The molecule has 0 bridgehead atoms. The number of hydrogen-bond acceptors (Lipinski definition) is 8. The van der Waals surface area contributed by atoms with E-state index in [1.165, 1.54) is 11.3 Å². The molecule has 7 rings (SSSR count). The summed E-state index contributed by atoms with van der Waals surface area (Å²) in [5, 5.41) is 18.7. The zero-order valence-electron chi connectivity index (χ0n) is 31.7. The zero-order valence-corrected chi connectivity index (χ0v) is 32.6. The topological polar surface area (TPSA) is 146 Å². The number of aromatic nitrogens is 3. The average molecular weight is 803 g/mol. The van der Waals surface area contributed by atoms with E-state index < -0.39 is 13.5 Å². The van der Waals surface area contributed by atoms with E-state index in [0.717, 1.165) is 20.5 Å². The standard InChI is InChI=1S/C43H41BF2N6O5S/c1-43(2,47-25-34(53)26-57-38-6-3-5-36-41(38)51-42(55)50-36)24-29-9-14-31(15-10-29)49-40(54)27-56-35-19-11-28(12-20-35)8-13-30-16-17-32(48-30)23-33-18-21-37(52(33)44(45)46)39-7-4-22-58-39/h3-23,34,47,53H,24-27H2,1-2H3,(H,49,54)(H2,50,51,55)/b13-8+,32-23-/t34-/m0/s1. The third kappa shape index (κ3) is 10.4. The van der Waals surface area contributed by atoms with Crippen molar-refractivity contribution in [2.24, 2.45) is 4.99 Å². The molecule has 1 aliphatic rings. The minimum atomic E-state index is -2.68. The number of carbonyl (C=O) groups excluding carboxylic acids is 1. The molecule has 11 nitrogen and oxygen atoms in total. The summed E-state index contributed by atoms with van der Waals surface area (Å²) in [6.07, 6.45) is 8.88. The van der Waals surface area contributed by atoms with Crippen LogP contribution in [0.1, 0.15) is 30.7 Å². The van der Waals surface area contributed by atoms with Gasteiger partial charge in [0, 0.05) is 28.3 Å². The van der Waals surface area contributed by atoms with Gasteiger partial charge in [0.2, 0.25) is 0 Å². The highest BCUT2D eigenvalue weighted by molar-refractivity contribution is 7.13. The third-order valence-corrected chi connectivity index (χ3v) is 10.1. The van der Waals surface area contributed by atoms with Crippen molar-refractivity contribution >= 4 is 59.2 Å². The lowest BCUT2D eigenvalue weighted by molar-refractivity contribution is -0.118. The maximum absolute atomic E-state index is 14.0. The number of amides is 1. The second-order valence-electron chi connectivity index (χ2n) is 14.3. The molecule has 0 aliphatic carbocycles. The number of aliphatic hydroxyl groups is 1. The molecule has 15 heteroatoms. The summed E-state index contributed by atoms with van der Waals surface area (Å²) >= 11 is 1.41. The third-order valence-electron chi connectivity index (χ3n) is 9.24. The molecule has 1 aliphatic heterocycles. The van der Waals surface area contributed by atoms with Gasteiger partial charge < -0.3 is 39.7 Å². The Labute approximate surface area is 337 Å². The molecule has 0 unspecified atom stereocenters. The molecule has 4 heterocycles. The number of aliphatic hydroxyl groups excluding tert-OH is 1. The lowest BCUT2D eigenvalue weighted by Crippen LogP contribution is -2.46. The first-order valence-electron chi connectivity index (χ1n) is 18.6. The van der Waals surface area contributed by atoms with Crippen molar-refractivity contribution in [3.8, 4) is 22.1 Å². The molecule has 1 amide bonds. The number of aliphatic imine (C=N–C) groups is 1. The Morgan fingerprint density at radius 3 is 2.55 bits per heavy atom. The van der Waals surface area contributed by atoms with Crippen molar-refractivity contribution in [3.63, 3.8) is 0 Å². The number of fused-ring (bicyclic) bond motifs is 1. The molecule has 6 aromatic rings. The monoisotopic (exact) mass is 802 g/mol. The summed E-state index contributed by atoms with van der Waals surface area (Å²) < 4.78 is 40.4. The minimum absolute atomic E-state index is 0.0516. The van der Waals surface area contributed by atoms with Crippen LogP contribution in [0.3, 0.4) is 0 Å². The van der Waals surface area contributed by atoms with Gasteiger partial charge in [-0.3, -0.25) is 13.4 Å². The number of allylic oxidation sites excluding steroid dienone is 3. The molecule has 5 N–H and O–H groups in total. The number of carbonyl (C=O) groups is 1. The van der Waals surface area contributed by atoms with Crippen LogP contribution in [-0.2, 0) is 11.2 Å². The molecule has 0 spiro atoms. The molecular weight excluding hydrogens is 761 g/mol. The molecule has 3 aromatic carbocycles. The summed E-state index contributed by atoms with van der Waals surface area (Å²) in [5.74, 6) is 0.726. The highest BCUT2D eigenvalue weighted by Crippen LogP contribution is 2.30. The second kappa shape index (κ2) is 17.9. The summed E-state index contributed by atoms with van der Waals surface area (Å²) in [7, 11) is -2.68. The number of thiophene rings is 1. The number of nitrogens with one attached hydrogen (secondary N) is 4. The first-order valence-corrected chi connectivity index (χ1v) is 19.4. The normalized spacial score (nSPS) is 14.0. The molecule has 296 valence electrons. The van der Waals surface area contributed by atoms with E-state index in [9.17, 15) is 23.3 Å². The van der Waals surface area contributed by atoms with Gasteiger partial charge in [-0.25, -0.2) is 9.79 Å². The molecule has 1 atom stereocenters. The number of H-pyrrole nitrogens is 2. The quantitative estimate of drug-likeness (QED) is 0.0602. The van der Waals surface area contributed by atoms with E-state index in [1.807, 2.05) is 86.0 Å². The van der Waals surface area contributed by atoms with Crippen molar-refractivity contribution in [3.05, 3.63) is 148 Å². The van der Waals surface area contributed by atoms with E-state index in [2.05, 4.69) is 25.6 Å². The molecule has 0 saturated heterocycles. The molecular formula is C43H41BF2N6O5S. The van der Waals surface area contributed by atoms with Crippen LogP contribution in [0.5, 0.6) is 11.5 Å². The maximum atomic E-state index is 14.0. The molecule has 0 fully saturated rings. The molecule has 0 saturated carbocycles. The van der Waals surface area contributed by atoms with Crippen molar-refractivity contribution in [2.75, 3.05) is 25.1 Å². The number of anilines is 1. The van der Waals surface area contributed by atoms with Crippen LogP contribution in [0.15, 0.2) is 130 Å². The number of β-amino-alcohol motifs (C(OH)–C–C–N with tert-alkyl or cyclic N) is 1. The number of rotatable bonds is 17. The largest absolute Gasteiger partial charge is 0.678 e. The Morgan fingerprint density at radius 1 is 0.983 bits per heavy atom. The van der Waals surface area contributed by atoms with Crippen LogP contribution in [-0.4, -0.2) is 70.0 Å². The SMILES string of the molecule is CC(C)(Cc1ccc(NC(=O)COc2ccc(/C=C/C3=NC(=C\c4ccc(-c5cccs5)n4B(F)F)/C=C3)cc2)cc1)NC[C@H](O)COc1cccc2[nH]c(=O)[nH]c12. The van der Waals surface area contributed by atoms with Crippen molar-refractivity contribution < 1.29 is 28.0 Å². The Balaban J connectivity index is 0.832. The number of hydrogen-bond donors (Lipinski definition) is 5. The van der Waals surface area contributed by atoms with E-state index in [4.69, 9.17) is 9.47 Å². The Kier molecular flexibility index (Phi) is 12.3. The Bertz CT molecular complexity index is 2540. The number of ether oxygens (including phenoxy) is 2. The summed E-state index contributed by atoms with van der Waals surface area (Å²) in [6.45, 7) is 4.27. The fourth-order valence-electron chi connectivity index (χ4n) is 6.42. The first kappa shape index (κ1) is 39.9. The summed E-state index contributed by atoms with van der Waals surface area (Å²) in [6, 6.07) is 27.2. The summed E-state index contributed by atoms with van der Waals surface area (Å²) in [4.78, 5) is 35.0. The number of halogens is 2. The number of nitrogens with zero attached hydrogens (tertiary/aromatic N) is 2. The molecule has 3 aromatic heterocycles. The van der Waals surface area contributed by atoms with Gasteiger partial charge in [0.05, 0.1) is 22.6 Å². The predicted octanol–water partition coefficient (Wildman–Crippen LogP) is 7.59. The number of imidazole rings is 1. The van der Waals surface area contributed by atoms with Crippen molar-refractivity contribution in [2.45, 2.75) is 31.9 Å². The minimum Gasteiger partial charge on any atom is -0.489 e. The predicted molar refractivity (Wildman–Crippen MR) is 228 cm³/mol. The van der Waals surface area contributed by atoms with Gasteiger partial charge in [0.1, 0.15) is 29.7 Å². The van der Waals surface area contributed by atoms with E-state index in [0.29, 0.717) is 64.0 Å². The van der Waals surface area contributed by atoms with Crippen LogP contribution in [0.25, 0.3) is 33.8 Å². The van der Waals surface area contributed by atoms with E-state index >= 15 is 0 Å². The van der Waals surface area contributed by atoms with E-state index in [-0.39, 0.29) is 30.3 Å². The average Bonchev–Trinajstić information content (AvgIpc) is 4.03. The number of aromatic amines is 2. The lowest BCUT2D eigenvalue weighted by Gasteiger charge is -2.28. The Hall–Kier alpha value is -6.29. The van der Waals surface area contributed by atoms with Gasteiger partial charge in [-0.15, -0.1) is 11.3 Å². The smallest absolute Gasteiger partial charge is 0.489 e. The Morgan fingerprint density at radius 2 is 1.79 bits per heavy atom. The van der Waals surface area contributed by atoms with Crippen LogP contribution in [0.2, 0.25) is 0 Å². The van der Waals surface area contributed by atoms with Crippen LogP contribution in [0.4, 0.5) is 14.3 Å². The van der Waals surface area contributed by atoms with Crippen LogP contribution < -0.4 is 25.8 Å². The van der Waals surface area contributed by atoms with Gasteiger partial charge in [-0.1, -0.05) is 42.5 Å². The van der Waals surface area contributed by atoms with E-state index in [1.54, 1.807) is 54.6 Å². The van der Waals surface area contributed by atoms with Gasteiger partial charge in [-0.2, -0.15) is 0 Å². The molecule has 58 heavy (non-hydrogen) atoms. The summed E-state index contributed by atoms with van der Waals surface area (Å²) in [5.41, 5.74) is 5.22. The number of para-hydroxylation sites is 1. The van der Waals surface area contributed by atoms with Crippen LogP contribution >= 0.6 is 11.3 Å². The first-order chi connectivity index (χ1) is 28.0. The lowest BCUT2D eigenvalue weighted by atomic mass is 9.94. The van der Waals surface area contributed by atoms with Crippen molar-refractivity contribution in [1.82, 2.24) is 19.8 Å². The maximum Gasteiger partial charge on any atom is 0.678 e. The highest BCUT2D eigenvalue weighted by atomic mass is 32.1. The van der Waals surface area contributed by atoms with Gasteiger partial charge in [0.25, 0.3) is 5.91 Å². The molecule has 0 radical (unpaired) electrons. The van der Waals surface area contributed by atoms with Gasteiger partial charge in [-0.05, 0) is 116 Å². The fraction of sp³-hybridized carbons (Fsp3) is 0.186. The second-order valence-corrected chi connectivity index (χ2v) is 15.3. The zero-order chi connectivity index (χ0) is 40.6. The van der Waals surface area contributed by atoms with Crippen LogP contribution in [0, 0.1) is 0 Å². The van der Waals surface area contributed by atoms with Gasteiger partial charge in [0.15, 0.2) is 6.61 Å². The highest BCUT2D eigenvalue weighted by Gasteiger charge is 2.24.